The van der Waals surface area contributed by atoms with Crippen LogP contribution in [-0.4, -0.2) is 44.7 Å². The number of ether oxygens (including phenoxy) is 2. The lowest BCUT2D eigenvalue weighted by atomic mass is 9.98. The summed E-state index contributed by atoms with van der Waals surface area (Å²) in [5, 5.41) is 3.43. The van der Waals surface area contributed by atoms with E-state index in [0.29, 0.717) is 31.0 Å². The molecule has 0 aliphatic carbocycles. The molecule has 0 bridgehead atoms. The van der Waals surface area contributed by atoms with E-state index < -0.39 is 0 Å². The number of likely N-dealkylation sites (tertiary alicyclic amines) is 1. The van der Waals surface area contributed by atoms with Crippen molar-refractivity contribution in [2.45, 2.75) is 32.2 Å². The van der Waals surface area contributed by atoms with Gasteiger partial charge < -0.3 is 19.7 Å². The van der Waals surface area contributed by atoms with Gasteiger partial charge in [-0.2, -0.15) is 0 Å². The molecule has 1 amide bonds. The number of carbonyl (C=O) groups is 1. The van der Waals surface area contributed by atoms with Crippen molar-refractivity contribution in [1.29, 1.82) is 0 Å². The number of rotatable bonds is 8. The largest absolute Gasteiger partial charge is 0.493 e. The van der Waals surface area contributed by atoms with Gasteiger partial charge in [0, 0.05) is 32.6 Å². The second-order valence-electron chi connectivity index (χ2n) is 7.10. The van der Waals surface area contributed by atoms with Crippen LogP contribution >= 0.6 is 0 Å². The molecule has 0 atom stereocenters. The van der Waals surface area contributed by atoms with Crippen molar-refractivity contribution in [2.75, 3.05) is 33.9 Å². The van der Waals surface area contributed by atoms with Gasteiger partial charge in [0.15, 0.2) is 11.5 Å². The van der Waals surface area contributed by atoms with Gasteiger partial charge in [-0.15, -0.1) is 0 Å². The minimum Gasteiger partial charge on any atom is -0.493 e. The van der Waals surface area contributed by atoms with Crippen molar-refractivity contribution in [3.05, 3.63) is 48.0 Å². The molecule has 1 fully saturated rings. The second kappa shape index (κ2) is 10.1. The summed E-state index contributed by atoms with van der Waals surface area (Å²) in [6.45, 7) is 3.15. The summed E-state index contributed by atoms with van der Waals surface area (Å²) < 4.78 is 11.0. The first-order valence-corrected chi connectivity index (χ1v) is 10.0. The zero-order chi connectivity index (χ0) is 19.8. The van der Waals surface area contributed by atoms with Crippen molar-refractivity contribution in [1.82, 2.24) is 10.2 Å². The van der Waals surface area contributed by atoms with Crippen molar-refractivity contribution in [3.63, 3.8) is 0 Å². The Balaban J connectivity index is 1.67. The van der Waals surface area contributed by atoms with Crippen molar-refractivity contribution in [2.24, 2.45) is 0 Å². The number of amides is 1. The van der Waals surface area contributed by atoms with Crippen LogP contribution in [0.2, 0.25) is 0 Å². The highest BCUT2D eigenvalue weighted by Crippen LogP contribution is 2.35. The van der Waals surface area contributed by atoms with Gasteiger partial charge in [-0.05, 0) is 48.1 Å². The molecular weight excluding hydrogens is 352 g/mol. The van der Waals surface area contributed by atoms with Gasteiger partial charge in [0.25, 0.3) is 0 Å². The number of carbonyl (C=O) groups excluding carboxylic acids is 1. The lowest BCUT2D eigenvalue weighted by Crippen LogP contribution is -2.37. The van der Waals surface area contributed by atoms with E-state index in [0.717, 1.165) is 42.6 Å². The van der Waals surface area contributed by atoms with E-state index in [1.54, 1.807) is 14.2 Å². The smallest absolute Gasteiger partial charge is 0.223 e. The van der Waals surface area contributed by atoms with Crippen molar-refractivity contribution >= 4 is 5.91 Å². The van der Waals surface area contributed by atoms with Crippen molar-refractivity contribution in [3.8, 4) is 22.6 Å². The highest BCUT2D eigenvalue weighted by Gasteiger charge is 2.16. The standard InChI is InChI=1S/C23H30N2O3/c1-27-21-15-19(17-24-12-11-23(26)25-13-7-4-8-14-25)20(16-22(21)28-2)18-9-5-3-6-10-18/h3,5-6,9-10,15-16,24H,4,7-8,11-14,17H2,1-2H3. The van der Waals surface area contributed by atoms with Crippen LogP contribution in [0.1, 0.15) is 31.2 Å². The fourth-order valence-corrected chi connectivity index (χ4v) is 3.67. The Kier molecular flexibility index (Phi) is 7.31. The molecule has 2 aromatic rings. The van der Waals surface area contributed by atoms with E-state index in [4.69, 9.17) is 9.47 Å². The molecule has 0 spiro atoms. The van der Waals surface area contributed by atoms with Gasteiger partial charge in [0.2, 0.25) is 5.91 Å². The predicted octanol–water partition coefficient (Wildman–Crippen LogP) is 3.86. The summed E-state index contributed by atoms with van der Waals surface area (Å²) in [5.41, 5.74) is 3.35. The van der Waals surface area contributed by atoms with Crippen LogP contribution in [0.5, 0.6) is 11.5 Å². The molecule has 1 saturated heterocycles. The fourth-order valence-electron chi connectivity index (χ4n) is 3.67. The zero-order valence-electron chi connectivity index (χ0n) is 16.9. The lowest BCUT2D eigenvalue weighted by Gasteiger charge is -2.26. The molecule has 2 aromatic carbocycles. The maximum absolute atomic E-state index is 12.3. The van der Waals surface area contributed by atoms with Crippen LogP contribution in [0.25, 0.3) is 11.1 Å². The molecule has 5 heteroatoms. The Morgan fingerprint density at radius 3 is 2.36 bits per heavy atom. The quantitative estimate of drug-likeness (QED) is 0.705. The van der Waals surface area contributed by atoms with Crippen LogP contribution in [-0.2, 0) is 11.3 Å². The fraction of sp³-hybridized carbons (Fsp3) is 0.435. The molecular formula is C23H30N2O3. The van der Waals surface area contributed by atoms with E-state index in [1.165, 1.54) is 6.42 Å². The number of hydrogen-bond donors (Lipinski definition) is 1. The molecule has 0 saturated carbocycles. The Labute approximate surface area is 167 Å². The van der Waals surface area contributed by atoms with Crippen LogP contribution < -0.4 is 14.8 Å². The highest BCUT2D eigenvalue weighted by atomic mass is 16.5. The number of nitrogens with one attached hydrogen (secondary N) is 1. The topological polar surface area (TPSA) is 50.8 Å². The van der Waals surface area contributed by atoms with Crippen LogP contribution in [0.15, 0.2) is 42.5 Å². The first kappa shape index (κ1) is 20.2. The SMILES string of the molecule is COc1cc(CNCCC(=O)N2CCCCC2)c(-c2ccccc2)cc1OC. The van der Waals surface area contributed by atoms with E-state index in [9.17, 15) is 4.79 Å². The average Bonchev–Trinajstić information content (AvgIpc) is 2.77. The third kappa shape index (κ3) is 5.04. The number of nitrogens with zero attached hydrogens (tertiary/aromatic N) is 1. The molecule has 1 heterocycles. The Morgan fingerprint density at radius 2 is 1.68 bits per heavy atom. The summed E-state index contributed by atoms with van der Waals surface area (Å²) in [5.74, 6) is 1.68. The molecule has 28 heavy (non-hydrogen) atoms. The Morgan fingerprint density at radius 1 is 1.00 bits per heavy atom. The Bertz CT molecular complexity index is 771. The number of piperidine rings is 1. The van der Waals surface area contributed by atoms with E-state index >= 15 is 0 Å². The van der Waals surface area contributed by atoms with Gasteiger partial charge in [0.1, 0.15) is 0 Å². The normalized spacial score (nSPS) is 14.0. The third-order valence-electron chi connectivity index (χ3n) is 5.23. The molecule has 3 rings (SSSR count). The van der Waals surface area contributed by atoms with Gasteiger partial charge in [-0.1, -0.05) is 30.3 Å². The minimum absolute atomic E-state index is 0.253. The summed E-state index contributed by atoms with van der Waals surface area (Å²) >= 11 is 0. The highest BCUT2D eigenvalue weighted by molar-refractivity contribution is 5.76. The summed E-state index contributed by atoms with van der Waals surface area (Å²) in [6.07, 6.45) is 4.04. The maximum Gasteiger partial charge on any atom is 0.223 e. The third-order valence-corrected chi connectivity index (χ3v) is 5.23. The van der Waals surface area contributed by atoms with Crippen molar-refractivity contribution < 1.29 is 14.3 Å². The van der Waals surface area contributed by atoms with E-state index in [1.807, 2.05) is 35.2 Å². The van der Waals surface area contributed by atoms with Crippen LogP contribution in [0, 0.1) is 0 Å². The predicted molar refractivity (Wildman–Crippen MR) is 112 cm³/mol. The second-order valence-corrected chi connectivity index (χ2v) is 7.10. The Hall–Kier alpha value is -2.53. The summed E-state index contributed by atoms with van der Waals surface area (Å²) in [7, 11) is 3.30. The molecule has 150 valence electrons. The van der Waals surface area contributed by atoms with E-state index in [-0.39, 0.29) is 5.91 Å². The van der Waals surface area contributed by atoms with Gasteiger partial charge >= 0.3 is 0 Å². The molecule has 5 nitrogen and oxygen atoms in total. The number of benzene rings is 2. The average molecular weight is 383 g/mol. The maximum atomic E-state index is 12.3. The monoisotopic (exact) mass is 382 g/mol. The zero-order valence-corrected chi connectivity index (χ0v) is 16.9. The molecule has 1 aliphatic heterocycles. The van der Waals surface area contributed by atoms with Crippen LogP contribution in [0.4, 0.5) is 0 Å². The molecule has 0 unspecified atom stereocenters. The minimum atomic E-state index is 0.253. The van der Waals surface area contributed by atoms with Gasteiger partial charge in [0.05, 0.1) is 14.2 Å². The van der Waals surface area contributed by atoms with Gasteiger partial charge in [-0.3, -0.25) is 4.79 Å². The number of methoxy groups -OCH3 is 2. The molecule has 1 aliphatic rings. The lowest BCUT2D eigenvalue weighted by molar-refractivity contribution is -0.131. The first-order valence-electron chi connectivity index (χ1n) is 10.0. The molecule has 0 radical (unpaired) electrons. The first-order chi connectivity index (χ1) is 13.7. The summed E-state index contributed by atoms with van der Waals surface area (Å²) in [6, 6.07) is 14.3. The molecule has 0 aromatic heterocycles. The molecule has 1 N–H and O–H groups in total. The number of hydrogen-bond acceptors (Lipinski definition) is 4. The summed E-state index contributed by atoms with van der Waals surface area (Å²) in [4.78, 5) is 14.3. The van der Waals surface area contributed by atoms with Crippen LogP contribution in [0.3, 0.4) is 0 Å². The van der Waals surface area contributed by atoms with Gasteiger partial charge in [-0.25, -0.2) is 0 Å². The van der Waals surface area contributed by atoms with E-state index in [2.05, 4.69) is 17.4 Å².